The number of hydrogen-bond donors (Lipinski definition) is 1. The molecule has 0 unspecified atom stereocenters. The summed E-state index contributed by atoms with van der Waals surface area (Å²) in [5.74, 6) is 0.988. The minimum Gasteiger partial charge on any atom is -0.394 e. The third-order valence-electron chi connectivity index (χ3n) is 3.38. The minimum absolute atomic E-state index is 0.743. The SMILES string of the molecule is CCCc1nn(C)c(N(CC)Cc2ccccn2)c1N. The third kappa shape index (κ3) is 2.92. The first-order valence-electron chi connectivity index (χ1n) is 7.13. The Kier molecular flexibility index (Phi) is 4.61. The van der Waals surface area contributed by atoms with Crippen LogP contribution in [0.2, 0.25) is 0 Å². The summed E-state index contributed by atoms with van der Waals surface area (Å²) in [6.45, 7) is 5.87. The molecule has 0 saturated heterocycles. The summed E-state index contributed by atoms with van der Waals surface area (Å²) in [5, 5.41) is 4.54. The van der Waals surface area contributed by atoms with E-state index in [0.717, 1.165) is 48.8 Å². The zero-order valence-corrected chi connectivity index (χ0v) is 12.5. The highest BCUT2D eigenvalue weighted by Crippen LogP contribution is 2.27. The molecule has 0 aliphatic heterocycles. The van der Waals surface area contributed by atoms with Crippen LogP contribution < -0.4 is 10.6 Å². The molecule has 2 rings (SSSR count). The standard InChI is InChI=1S/C15H23N5/c1-4-8-13-14(16)15(19(3)18-13)20(5-2)11-12-9-6-7-10-17-12/h6-7,9-10H,4-5,8,11,16H2,1-3H3. The van der Waals surface area contributed by atoms with Gasteiger partial charge in [0.05, 0.1) is 23.6 Å². The quantitative estimate of drug-likeness (QED) is 0.878. The van der Waals surface area contributed by atoms with Crippen LogP contribution in [0.1, 0.15) is 31.7 Å². The van der Waals surface area contributed by atoms with Gasteiger partial charge in [0, 0.05) is 19.8 Å². The van der Waals surface area contributed by atoms with Crippen LogP contribution in [0.25, 0.3) is 0 Å². The number of nitrogens with zero attached hydrogens (tertiary/aromatic N) is 4. The van der Waals surface area contributed by atoms with E-state index in [-0.39, 0.29) is 0 Å². The van der Waals surface area contributed by atoms with Gasteiger partial charge in [0.25, 0.3) is 0 Å². The number of aryl methyl sites for hydroxylation is 2. The van der Waals surface area contributed by atoms with Crippen LogP contribution in [0.15, 0.2) is 24.4 Å². The first kappa shape index (κ1) is 14.4. The van der Waals surface area contributed by atoms with Crippen molar-refractivity contribution in [1.82, 2.24) is 14.8 Å². The van der Waals surface area contributed by atoms with Gasteiger partial charge in [-0.2, -0.15) is 5.10 Å². The Hall–Kier alpha value is -2.04. The van der Waals surface area contributed by atoms with Gasteiger partial charge in [0.2, 0.25) is 0 Å². The molecule has 0 spiro atoms. The summed E-state index contributed by atoms with van der Waals surface area (Å²) in [6.07, 6.45) is 3.78. The summed E-state index contributed by atoms with van der Waals surface area (Å²) < 4.78 is 1.88. The number of nitrogen functional groups attached to an aromatic ring is 1. The molecule has 20 heavy (non-hydrogen) atoms. The van der Waals surface area contributed by atoms with Crippen molar-refractivity contribution < 1.29 is 0 Å². The van der Waals surface area contributed by atoms with Crippen LogP contribution in [-0.2, 0) is 20.0 Å². The zero-order valence-electron chi connectivity index (χ0n) is 12.5. The van der Waals surface area contributed by atoms with Crippen LogP contribution in [0.4, 0.5) is 11.5 Å². The molecule has 0 atom stereocenters. The summed E-state index contributed by atoms with van der Waals surface area (Å²) in [6, 6.07) is 5.96. The zero-order chi connectivity index (χ0) is 14.5. The Morgan fingerprint density at radius 1 is 1.30 bits per heavy atom. The largest absolute Gasteiger partial charge is 0.394 e. The van der Waals surface area contributed by atoms with Gasteiger partial charge in [-0.05, 0) is 25.5 Å². The number of hydrogen-bond acceptors (Lipinski definition) is 4. The number of nitrogens with two attached hydrogens (primary N) is 1. The van der Waals surface area contributed by atoms with Gasteiger partial charge in [-0.15, -0.1) is 0 Å². The van der Waals surface area contributed by atoms with E-state index in [1.807, 2.05) is 36.1 Å². The molecule has 2 aromatic heterocycles. The van der Waals surface area contributed by atoms with Crippen LogP contribution in [0.5, 0.6) is 0 Å². The number of aromatic nitrogens is 3. The van der Waals surface area contributed by atoms with Crippen molar-refractivity contribution in [3.63, 3.8) is 0 Å². The Labute approximate surface area is 120 Å². The predicted molar refractivity (Wildman–Crippen MR) is 82.6 cm³/mol. The molecule has 0 amide bonds. The van der Waals surface area contributed by atoms with E-state index < -0.39 is 0 Å². The monoisotopic (exact) mass is 273 g/mol. The van der Waals surface area contributed by atoms with Crippen molar-refractivity contribution in [3.05, 3.63) is 35.8 Å². The lowest BCUT2D eigenvalue weighted by Crippen LogP contribution is -2.25. The Balaban J connectivity index is 2.27. The molecular formula is C15H23N5. The van der Waals surface area contributed by atoms with Crippen molar-refractivity contribution in [1.29, 1.82) is 0 Å². The lowest BCUT2D eigenvalue weighted by atomic mass is 10.2. The molecule has 0 fully saturated rings. The fraction of sp³-hybridized carbons (Fsp3) is 0.467. The first-order chi connectivity index (χ1) is 9.67. The molecule has 0 aromatic carbocycles. The summed E-state index contributed by atoms with van der Waals surface area (Å²) >= 11 is 0. The molecule has 0 bridgehead atoms. The predicted octanol–water partition coefficient (Wildman–Crippen LogP) is 2.38. The van der Waals surface area contributed by atoms with E-state index in [1.165, 1.54) is 0 Å². The number of rotatable bonds is 6. The molecule has 2 aromatic rings. The molecule has 0 aliphatic rings. The summed E-state index contributed by atoms with van der Waals surface area (Å²) in [7, 11) is 1.95. The van der Waals surface area contributed by atoms with Gasteiger partial charge in [0.15, 0.2) is 5.82 Å². The lowest BCUT2D eigenvalue weighted by Gasteiger charge is -2.23. The van der Waals surface area contributed by atoms with Gasteiger partial charge < -0.3 is 10.6 Å². The Morgan fingerprint density at radius 3 is 2.70 bits per heavy atom. The van der Waals surface area contributed by atoms with E-state index in [9.17, 15) is 0 Å². The van der Waals surface area contributed by atoms with Gasteiger partial charge in [0.1, 0.15) is 0 Å². The highest BCUT2D eigenvalue weighted by molar-refractivity contribution is 5.66. The van der Waals surface area contributed by atoms with Crippen LogP contribution in [-0.4, -0.2) is 21.3 Å². The third-order valence-corrected chi connectivity index (χ3v) is 3.38. The maximum Gasteiger partial charge on any atom is 0.150 e. The van der Waals surface area contributed by atoms with Crippen LogP contribution in [0.3, 0.4) is 0 Å². The lowest BCUT2D eigenvalue weighted by molar-refractivity contribution is 0.692. The highest BCUT2D eigenvalue weighted by Gasteiger charge is 2.18. The van der Waals surface area contributed by atoms with Crippen LogP contribution in [0, 0.1) is 0 Å². The van der Waals surface area contributed by atoms with E-state index in [1.54, 1.807) is 0 Å². The van der Waals surface area contributed by atoms with Gasteiger partial charge in [-0.1, -0.05) is 19.4 Å². The fourth-order valence-electron chi connectivity index (χ4n) is 2.41. The maximum absolute atomic E-state index is 6.27. The molecule has 0 aliphatic carbocycles. The molecule has 2 N–H and O–H groups in total. The van der Waals surface area contributed by atoms with E-state index in [0.29, 0.717) is 0 Å². The molecule has 0 saturated carbocycles. The Morgan fingerprint density at radius 2 is 2.10 bits per heavy atom. The van der Waals surface area contributed by atoms with Crippen molar-refractivity contribution in [2.75, 3.05) is 17.2 Å². The topological polar surface area (TPSA) is 60.0 Å². The van der Waals surface area contributed by atoms with E-state index in [2.05, 4.69) is 28.8 Å². The average molecular weight is 273 g/mol. The summed E-state index contributed by atoms with van der Waals surface area (Å²) in [4.78, 5) is 6.59. The number of anilines is 2. The van der Waals surface area contributed by atoms with Gasteiger partial charge in [-0.25, -0.2) is 0 Å². The van der Waals surface area contributed by atoms with Crippen molar-refractivity contribution in [2.24, 2.45) is 7.05 Å². The second kappa shape index (κ2) is 6.41. The molecule has 5 heteroatoms. The van der Waals surface area contributed by atoms with E-state index in [4.69, 9.17) is 5.73 Å². The first-order valence-corrected chi connectivity index (χ1v) is 7.13. The van der Waals surface area contributed by atoms with Crippen LogP contribution >= 0.6 is 0 Å². The van der Waals surface area contributed by atoms with Gasteiger partial charge in [-0.3, -0.25) is 9.67 Å². The molecular weight excluding hydrogens is 250 g/mol. The molecule has 0 radical (unpaired) electrons. The Bertz CT molecular complexity index is 547. The normalized spacial score (nSPS) is 10.8. The fourth-order valence-corrected chi connectivity index (χ4v) is 2.41. The molecule has 108 valence electrons. The van der Waals surface area contributed by atoms with Crippen molar-refractivity contribution >= 4 is 11.5 Å². The van der Waals surface area contributed by atoms with Crippen molar-refractivity contribution in [2.45, 2.75) is 33.2 Å². The minimum atomic E-state index is 0.743. The number of pyridine rings is 1. The molecule has 2 heterocycles. The average Bonchev–Trinajstić information content (AvgIpc) is 2.73. The maximum atomic E-state index is 6.27. The second-order valence-electron chi connectivity index (χ2n) is 4.89. The summed E-state index contributed by atoms with van der Waals surface area (Å²) in [5.41, 5.74) is 9.10. The van der Waals surface area contributed by atoms with Gasteiger partial charge >= 0.3 is 0 Å². The van der Waals surface area contributed by atoms with E-state index >= 15 is 0 Å². The molecule has 5 nitrogen and oxygen atoms in total. The highest BCUT2D eigenvalue weighted by atomic mass is 15.4. The van der Waals surface area contributed by atoms with Crippen molar-refractivity contribution in [3.8, 4) is 0 Å². The second-order valence-corrected chi connectivity index (χ2v) is 4.89. The smallest absolute Gasteiger partial charge is 0.150 e.